The molecule has 0 bridgehead atoms. The number of hydrogen-bond donors (Lipinski definition) is 0. The Morgan fingerprint density at radius 3 is 1.40 bits per heavy atom. The van der Waals surface area contributed by atoms with Crippen molar-refractivity contribution in [1.29, 1.82) is 0 Å². The summed E-state index contributed by atoms with van der Waals surface area (Å²) in [6, 6.07) is 36.1. The third-order valence-corrected chi connectivity index (χ3v) is 10.0. The van der Waals surface area contributed by atoms with Gasteiger partial charge in [-0.05, 0) is 109 Å². The number of aromatic nitrogens is 3. The molecule has 5 nitrogen and oxygen atoms in total. The number of fused-ring (bicyclic) bond motifs is 6. The van der Waals surface area contributed by atoms with Crippen LogP contribution in [-0.2, 0) is 17.1 Å². The fourth-order valence-corrected chi connectivity index (χ4v) is 7.42. The maximum absolute atomic E-state index is 4.79. The predicted molar refractivity (Wildman–Crippen MR) is 221 cm³/mol. The van der Waals surface area contributed by atoms with E-state index in [0.717, 1.165) is 27.5 Å². The van der Waals surface area contributed by atoms with Gasteiger partial charge in [0, 0.05) is 17.6 Å². The SMILES string of the molecule is CC(C)c1cccc(C(C)C)c1N1C=CN(c2c(C(C)C)cccc2C(C)C)[CH-]1.[Cu+2].c1ccc(-c2nc3c4ccccc4c4ccccc4c3[n-]2)nc1. The molecule has 0 N–H and O–H groups in total. The predicted octanol–water partition coefficient (Wildman–Crippen LogP) is 12.7. The van der Waals surface area contributed by atoms with Gasteiger partial charge in [-0.3, -0.25) is 4.98 Å². The third-order valence-electron chi connectivity index (χ3n) is 10.0. The second-order valence-electron chi connectivity index (χ2n) is 15.0. The molecule has 0 spiro atoms. The zero-order valence-electron chi connectivity index (χ0n) is 32.0. The van der Waals surface area contributed by atoms with Crippen molar-refractivity contribution in [1.82, 2.24) is 15.0 Å². The van der Waals surface area contributed by atoms with E-state index in [2.05, 4.69) is 162 Å². The van der Waals surface area contributed by atoms with E-state index >= 15 is 0 Å². The van der Waals surface area contributed by atoms with Crippen LogP contribution in [0.5, 0.6) is 0 Å². The molecule has 5 aromatic carbocycles. The van der Waals surface area contributed by atoms with Gasteiger partial charge in [0.15, 0.2) is 0 Å². The van der Waals surface area contributed by atoms with E-state index in [0.29, 0.717) is 29.5 Å². The molecule has 8 rings (SSSR count). The van der Waals surface area contributed by atoms with Crippen molar-refractivity contribution in [2.24, 2.45) is 0 Å². The molecule has 1 aliphatic heterocycles. The van der Waals surface area contributed by atoms with E-state index in [1.807, 2.05) is 30.3 Å². The number of hydrogen-bond acceptors (Lipinski definition) is 4. The number of pyridine rings is 1. The molecule has 0 unspecified atom stereocenters. The van der Waals surface area contributed by atoms with Crippen LogP contribution >= 0.6 is 0 Å². The molecule has 0 saturated carbocycles. The number of rotatable bonds is 7. The summed E-state index contributed by atoms with van der Waals surface area (Å²) >= 11 is 0. The summed E-state index contributed by atoms with van der Waals surface area (Å²) in [5.41, 5.74) is 11.0. The fourth-order valence-electron chi connectivity index (χ4n) is 7.42. The number of benzene rings is 5. The van der Waals surface area contributed by atoms with E-state index in [1.54, 1.807) is 6.20 Å². The van der Waals surface area contributed by atoms with Gasteiger partial charge in [0.05, 0.1) is 5.69 Å². The first kappa shape index (κ1) is 37.8. The number of nitrogens with zero attached hydrogens (tertiary/aromatic N) is 5. The number of imidazole rings is 1. The van der Waals surface area contributed by atoms with E-state index in [4.69, 9.17) is 9.97 Å². The van der Waals surface area contributed by atoms with E-state index in [9.17, 15) is 0 Å². The summed E-state index contributed by atoms with van der Waals surface area (Å²) in [5, 5.41) is 4.69. The molecule has 1 radical (unpaired) electrons. The van der Waals surface area contributed by atoms with Crippen molar-refractivity contribution in [3.8, 4) is 11.5 Å². The summed E-state index contributed by atoms with van der Waals surface area (Å²) in [4.78, 5) is 18.6. The summed E-state index contributed by atoms with van der Waals surface area (Å²) < 4.78 is 0. The Morgan fingerprint density at radius 2 is 0.943 bits per heavy atom. The number of para-hydroxylation sites is 2. The Kier molecular flexibility index (Phi) is 11.4. The molecule has 3 heterocycles. The molecule has 2 aromatic heterocycles. The van der Waals surface area contributed by atoms with E-state index < -0.39 is 0 Å². The van der Waals surface area contributed by atoms with Crippen LogP contribution in [0.25, 0.3) is 44.1 Å². The smallest absolute Gasteiger partial charge is 0.479 e. The summed E-state index contributed by atoms with van der Waals surface area (Å²) in [6.07, 6.45) is 6.20. The minimum atomic E-state index is 0. The van der Waals surface area contributed by atoms with Gasteiger partial charge in [-0.1, -0.05) is 146 Å². The Hall–Kier alpha value is -4.90. The van der Waals surface area contributed by atoms with Crippen molar-refractivity contribution in [2.45, 2.75) is 79.1 Å². The van der Waals surface area contributed by atoms with Gasteiger partial charge < -0.3 is 19.8 Å². The van der Waals surface area contributed by atoms with E-state index in [1.165, 1.54) is 44.4 Å². The van der Waals surface area contributed by atoms with Crippen LogP contribution < -0.4 is 14.8 Å². The molecule has 6 heteroatoms. The molecule has 273 valence electrons. The normalized spacial score (nSPS) is 12.8. The summed E-state index contributed by atoms with van der Waals surface area (Å²) in [6.45, 7) is 20.5. The molecule has 0 aliphatic carbocycles. The number of anilines is 2. The molecule has 0 amide bonds. The van der Waals surface area contributed by atoms with Crippen LogP contribution in [0.1, 0.15) is 101 Å². The molecule has 0 atom stereocenters. The van der Waals surface area contributed by atoms with Crippen LogP contribution in [0, 0.1) is 6.67 Å². The van der Waals surface area contributed by atoms with Gasteiger partial charge in [0.2, 0.25) is 0 Å². The Bertz CT molecular complexity index is 2170. The van der Waals surface area contributed by atoms with Gasteiger partial charge in [0.1, 0.15) is 0 Å². The summed E-state index contributed by atoms with van der Waals surface area (Å²) in [5.74, 6) is 2.60. The first-order valence-corrected chi connectivity index (χ1v) is 18.6. The standard InChI is InChI=1S/C27H37N2.C20H12N3.Cu/c1-18(2)22-11-9-12-23(19(3)4)26(22)28-15-16-29(17-28)27-24(20(5)6)13-10-14-25(27)21(7)8;1-3-9-15-13(7-1)14-8-2-4-10-16(14)19-18(15)22-20(23-19)17-11-5-6-12-21-17;/h9-21H,1-8H3;1-12H;/q2*-1;+2. The van der Waals surface area contributed by atoms with Crippen LogP contribution in [0.2, 0.25) is 0 Å². The van der Waals surface area contributed by atoms with Gasteiger partial charge in [-0.25, -0.2) is 0 Å². The molecule has 1 aliphatic rings. The zero-order chi connectivity index (χ0) is 36.5. The molecule has 7 aromatic rings. The van der Waals surface area contributed by atoms with Crippen LogP contribution in [0.3, 0.4) is 0 Å². The average molecular weight is 747 g/mol. The van der Waals surface area contributed by atoms with Gasteiger partial charge in [-0.15, -0.1) is 6.67 Å². The van der Waals surface area contributed by atoms with Crippen molar-refractivity contribution in [2.75, 3.05) is 9.80 Å². The molecular formula is C47H49CuN5. The van der Waals surface area contributed by atoms with Gasteiger partial charge in [-0.2, -0.15) is 0 Å². The zero-order valence-corrected chi connectivity index (χ0v) is 32.9. The van der Waals surface area contributed by atoms with Crippen molar-refractivity contribution in [3.05, 3.63) is 151 Å². The van der Waals surface area contributed by atoms with Crippen molar-refractivity contribution >= 4 is 44.0 Å². The van der Waals surface area contributed by atoms with Gasteiger partial charge in [0.25, 0.3) is 0 Å². The quantitative estimate of drug-likeness (QED) is 0.0923. The Balaban J connectivity index is 0.000000182. The second-order valence-corrected chi connectivity index (χ2v) is 15.0. The monoisotopic (exact) mass is 746 g/mol. The Morgan fingerprint density at radius 1 is 0.509 bits per heavy atom. The summed E-state index contributed by atoms with van der Waals surface area (Å²) in [7, 11) is 0. The largest absolute Gasteiger partial charge is 2.00 e. The first-order chi connectivity index (χ1) is 25.1. The van der Waals surface area contributed by atoms with E-state index in [-0.39, 0.29) is 17.1 Å². The third kappa shape index (κ3) is 7.36. The first-order valence-electron chi connectivity index (χ1n) is 18.6. The fraction of sp³-hybridized carbons (Fsp3) is 0.255. The minimum Gasteiger partial charge on any atom is -0.479 e. The van der Waals surface area contributed by atoms with Crippen molar-refractivity contribution in [3.63, 3.8) is 0 Å². The average Bonchev–Trinajstić information content (AvgIpc) is 3.84. The van der Waals surface area contributed by atoms with Crippen LogP contribution in [-0.4, -0.2) is 9.97 Å². The van der Waals surface area contributed by atoms with Crippen LogP contribution in [0.4, 0.5) is 11.4 Å². The maximum atomic E-state index is 4.79. The van der Waals surface area contributed by atoms with Crippen LogP contribution in [0.15, 0.2) is 122 Å². The topological polar surface area (TPSA) is 46.4 Å². The maximum Gasteiger partial charge on any atom is 2.00 e. The molecule has 53 heavy (non-hydrogen) atoms. The minimum absolute atomic E-state index is 0. The Labute approximate surface area is 325 Å². The molecule has 0 saturated heterocycles. The second kappa shape index (κ2) is 16.0. The molecular weight excluding hydrogens is 698 g/mol. The van der Waals surface area contributed by atoms with Crippen molar-refractivity contribution < 1.29 is 17.1 Å². The van der Waals surface area contributed by atoms with Gasteiger partial charge >= 0.3 is 17.1 Å². The molecule has 0 fully saturated rings.